The Bertz CT molecular complexity index is 504. The highest BCUT2D eigenvalue weighted by atomic mass is 19.1. The molecule has 5 nitrogen and oxygen atoms in total. The second kappa shape index (κ2) is 6.88. The summed E-state index contributed by atoms with van der Waals surface area (Å²) in [6.07, 6.45) is -0.0163. The van der Waals surface area contributed by atoms with Crippen LogP contribution in [0.4, 0.5) is 4.39 Å². The molecule has 0 saturated carbocycles. The molecule has 110 valence electrons. The molecule has 1 aromatic rings. The number of aliphatic carboxylic acids is 1. The molecule has 0 bridgehead atoms. The summed E-state index contributed by atoms with van der Waals surface area (Å²) in [7, 11) is 1.36. The highest BCUT2D eigenvalue weighted by Gasteiger charge is 2.21. The van der Waals surface area contributed by atoms with E-state index in [0.717, 1.165) is 0 Å². The van der Waals surface area contributed by atoms with E-state index in [9.17, 15) is 14.0 Å². The number of halogens is 1. The van der Waals surface area contributed by atoms with Crippen LogP contribution in [-0.4, -0.2) is 30.1 Å². The van der Waals surface area contributed by atoms with E-state index in [4.69, 9.17) is 9.84 Å². The Kier molecular flexibility index (Phi) is 5.49. The number of carbonyl (C=O) groups is 2. The fourth-order valence-corrected chi connectivity index (χ4v) is 1.65. The summed E-state index contributed by atoms with van der Waals surface area (Å²) in [5.74, 6) is -2.44. The summed E-state index contributed by atoms with van der Waals surface area (Å²) in [5, 5.41) is 11.4. The Balaban J connectivity index is 2.63. The van der Waals surface area contributed by atoms with Crippen molar-refractivity contribution in [3.05, 3.63) is 29.6 Å². The van der Waals surface area contributed by atoms with Gasteiger partial charge in [-0.2, -0.15) is 0 Å². The fraction of sp³-hybridized carbons (Fsp3) is 0.429. The third kappa shape index (κ3) is 4.22. The second-order valence-electron chi connectivity index (χ2n) is 4.63. The fourth-order valence-electron chi connectivity index (χ4n) is 1.65. The van der Waals surface area contributed by atoms with Gasteiger partial charge in [0.2, 0.25) is 5.91 Å². The van der Waals surface area contributed by atoms with E-state index in [1.54, 1.807) is 13.0 Å². The third-order valence-electron chi connectivity index (χ3n) is 3.11. The Morgan fingerprint density at radius 1 is 1.40 bits per heavy atom. The van der Waals surface area contributed by atoms with Crippen LogP contribution in [0.5, 0.6) is 5.75 Å². The Hall–Kier alpha value is -2.11. The predicted octanol–water partition coefficient (Wildman–Crippen LogP) is 1.60. The first-order chi connectivity index (χ1) is 9.35. The molecule has 0 radical (unpaired) electrons. The van der Waals surface area contributed by atoms with Crippen molar-refractivity contribution in [3.63, 3.8) is 0 Å². The van der Waals surface area contributed by atoms with Crippen LogP contribution < -0.4 is 10.1 Å². The number of methoxy groups -OCH3 is 1. The average Bonchev–Trinajstić information content (AvgIpc) is 2.37. The zero-order valence-electron chi connectivity index (χ0n) is 11.6. The van der Waals surface area contributed by atoms with Crippen molar-refractivity contribution in [1.82, 2.24) is 5.32 Å². The molecule has 20 heavy (non-hydrogen) atoms. The molecule has 2 N–H and O–H groups in total. The first-order valence-electron chi connectivity index (χ1n) is 6.19. The van der Waals surface area contributed by atoms with Gasteiger partial charge in [-0.3, -0.25) is 9.59 Å². The Morgan fingerprint density at radius 3 is 2.55 bits per heavy atom. The molecule has 0 fully saturated rings. The van der Waals surface area contributed by atoms with Crippen LogP contribution in [0.1, 0.15) is 19.4 Å². The van der Waals surface area contributed by atoms with E-state index in [0.29, 0.717) is 5.56 Å². The van der Waals surface area contributed by atoms with Crippen LogP contribution >= 0.6 is 0 Å². The SMILES string of the molecule is COc1ccc(CC(=O)NC(C)C(C)C(=O)O)cc1F. The van der Waals surface area contributed by atoms with E-state index < -0.39 is 23.7 Å². The highest BCUT2D eigenvalue weighted by molar-refractivity contribution is 5.80. The zero-order valence-corrected chi connectivity index (χ0v) is 11.6. The molecule has 0 aromatic heterocycles. The number of nitrogens with one attached hydrogen (secondary N) is 1. The van der Waals surface area contributed by atoms with Crippen molar-refractivity contribution in [3.8, 4) is 5.75 Å². The molecule has 0 aliphatic carbocycles. The molecule has 1 rings (SSSR count). The zero-order chi connectivity index (χ0) is 15.3. The lowest BCUT2D eigenvalue weighted by Gasteiger charge is -2.17. The van der Waals surface area contributed by atoms with Crippen molar-refractivity contribution < 1.29 is 23.8 Å². The summed E-state index contributed by atoms with van der Waals surface area (Å²) >= 11 is 0. The number of ether oxygens (including phenoxy) is 1. The maximum atomic E-state index is 13.5. The molecule has 0 aliphatic rings. The molecule has 1 aromatic carbocycles. The first kappa shape index (κ1) is 15.9. The van der Waals surface area contributed by atoms with Crippen molar-refractivity contribution in [2.45, 2.75) is 26.3 Å². The second-order valence-corrected chi connectivity index (χ2v) is 4.63. The summed E-state index contributed by atoms with van der Waals surface area (Å²) in [6.45, 7) is 3.13. The number of hydrogen-bond acceptors (Lipinski definition) is 3. The van der Waals surface area contributed by atoms with Gasteiger partial charge in [-0.1, -0.05) is 6.07 Å². The van der Waals surface area contributed by atoms with Gasteiger partial charge in [0, 0.05) is 6.04 Å². The van der Waals surface area contributed by atoms with Gasteiger partial charge in [-0.05, 0) is 31.5 Å². The van der Waals surface area contributed by atoms with E-state index in [1.807, 2.05) is 0 Å². The number of hydrogen-bond donors (Lipinski definition) is 2. The number of rotatable bonds is 6. The quantitative estimate of drug-likeness (QED) is 0.831. The van der Waals surface area contributed by atoms with Gasteiger partial charge in [-0.15, -0.1) is 0 Å². The summed E-state index contributed by atoms with van der Waals surface area (Å²) in [4.78, 5) is 22.5. The molecule has 2 unspecified atom stereocenters. The minimum Gasteiger partial charge on any atom is -0.494 e. The number of carboxylic acids is 1. The molecule has 1 amide bonds. The number of carbonyl (C=O) groups excluding carboxylic acids is 1. The maximum absolute atomic E-state index is 13.5. The molecular weight excluding hydrogens is 265 g/mol. The number of carboxylic acid groups (broad SMARTS) is 1. The number of benzene rings is 1. The van der Waals surface area contributed by atoms with Gasteiger partial charge < -0.3 is 15.2 Å². The van der Waals surface area contributed by atoms with Gasteiger partial charge in [0.25, 0.3) is 0 Å². The largest absolute Gasteiger partial charge is 0.494 e. The normalized spacial score (nSPS) is 13.4. The van der Waals surface area contributed by atoms with Crippen LogP contribution in [-0.2, 0) is 16.0 Å². The third-order valence-corrected chi connectivity index (χ3v) is 3.11. The van der Waals surface area contributed by atoms with Gasteiger partial charge in [-0.25, -0.2) is 4.39 Å². The highest BCUT2D eigenvalue weighted by Crippen LogP contribution is 2.18. The minimum atomic E-state index is -0.978. The molecule has 2 atom stereocenters. The first-order valence-corrected chi connectivity index (χ1v) is 6.19. The predicted molar refractivity (Wildman–Crippen MR) is 71.1 cm³/mol. The lowest BCUT2D eigenvalue weighted by molar-refractivity contribution is -0.142. The van der Waals surface area contributed by atoms with E-state index in [2.05, 4.69) is 5.32 Å². The minimum absolute atomic E-state index is 0.0163. The van der Waals surface area contributed by atoms with Gasteiger partial charge >= 0.3 is 5.97 Å². The van der Waals surface area contributed by atoms with Gasteiger partial charge in [0.05, 0.1) is 19.4 Å². The standard InChI is InChI=1S/C14H18FNO4/c1-8(14(18)19)9(2)16-13(17)7-10-4-5-12(20-3)11(15)6-10/h4-6,8-9H,7H2,1-3H3,(H,16,17)(H,18,19). The molecule has 0 saturated heterocycles. The van der Waals surface area contributed by atoms with E-state index in [1.165, 1.54) is 26.2 Å². The Morgan fingerprint density at radius 2 is 2.05 bits per heavy atom. The summed E-state index contributed by atoms with van der Waals surface area (Å²) in [6, 6.07) is 3.76. The average molecular weight is 283 g/mol. The van der Waals surface area contributed by atoms with Crippen molar-refractivity contribution in [2.75, 3.05) is 7.11 Å². The molecule has 0 heterocycles. The topological polar surface area (TPSA) is 75.6 Å². The van der Waals surface area contributed by atoms with Crippen molar-refractivity contribution >= 4 is 11.9 Å². The van der Waals surface area contributed by atoms with E-state index in [-0.39, 0.29) is 18.1 Å². The smallest absolute Gasteiger partial charge is 0.308 e. The van der Waals surface area contributed by atoms with Crippen molar-refractivity contribution in [1.29, 1.82) is 0 Å². The van der Waals surface area contributed by atoms with Crippen LogP contribution in [0.2, 0.25) is 0 Å². The molecule has 0 aliphatic heterocycles. The van der Waals surface area contributed by atoms with Crippen molar-refractivity contribution in [2.24, 2.45) is 5.92 Å². The van der Waals surface area contributed by atoms with Crippen LogP contribution in [0.3, 0.4) is 0 Å². The van der Waals surface area contributed by atoms with Gasteiger partial charge in [0.1, 0.15) is 0 Å². The Labute approximate surface area is 116 Å². The lowest BCUT2D eigenvalue weighted by Crippen LogP contribution is -2.40. The van der Waals surface area contributed by atoms with Gasteiger partial charge in [0.15, 0.2) is 11.6 Å². The summed E-state index contributed by atoms with van der Waals surface area (Å²) < 4.78 is 18.2. The van der Waals surface area contributed by atoms with Crippen LogP contribution in [0, 0.1) is 11.7 Å². The maximum Gasteiger partial charge on any atom is 0.308 e. The van der Waals surface area contributed by atoms with E-state index >= 15 is 0 Å². The number of amides is 1. The monoisotopic (exact) mass is 283 g/mol. The summed E-state index contributed by atoms with van der Waals surface area (Å²) in [5.41, 5.74) is 0.496. The molecule has 6 heteroatoms. The van der Waals surface area contributed by atoms with Crippen LogP contribution in [0.15, 0.2) is 18.2 Å². The molecule has 0 spiro atoms. The van der Waals surface area contributed by atoms with Crippen LogP contribution in [0.25, 0.3) is 0 Å². The lowest BCUT2D eigenvalue weighted by atomic mass is 10.0. The molecular formula is C14H18FNO4.